The summed E-state index contributed by atoms with van der Waals surface area (Å²) in [5, 5.41) is 2.59. The maximum absolute atomic E-state index is 12.9. The Balaban J connectivity index is 1.74. The van der Waals surface area contributed by atoms with E-state index in [0.717, 1.165) is 36.3 Å². The standard InChI is InChI=1S/C18H22N4O5S/c23-16-8-11-21(18(25)20-16)13-17(24)19-14-6-5-7-15(12-14)28(26,27)22-9-3-1-2-4-10-22/h5-8,11-12H,1-4,9-10,13H2,(H,19,24)(H,20,23,25). The van der Waals surface area contributed by atoms with Crippen molar-refractivity contribution < 1.29 is 13.2 Å². The molecular weight excluding hydrogens is 384 g/mol. The van der Waals surface area contributed by atoms with Gasteiger partial charge in [-0.3, -0.25) is 19.1 Å². The topological polar surface area (TPSA) is 121 Å². The number of H-pyrrole nitrogens is 1. The van der Waals surface area contributed by atoms with Crippen molar-refractivity contribution >= 4 is 21.6 Å². The zero-order chi connectivity index (χ0) is 20.1. The Morgan fingerprint density at radius 3 is 2.46 bits per heavy atom. The fourth-order valence-corrected chi connectivity index (χ4v) is 4.65. The van der Waals surface area contributed by atoms with Crippen molar-refractivity contribution in [1.82, 2.24) is 13.9 Å². The average molecular weight is 406 g/mol. The zero-order valence-electron chi connectivity index (χ0n) is 15.3. The third-order valence-electron chi connectivity index (χ3n) is 4.53. The molecule has 0 unspecified atom stereocenters. The van der Waals surface area contributed by atoms with Gasteiger partial charge in [-0.15, -0.1) is 0 Å². The van der Waals surface area contributed by atoms with Crippen molar-refractivity contribution in [2.75, 3.05) is 18.4 Å². The Morgan fingerprint density at radius 2 is 1.79 bits per heavy atom. The minimum absolute atomic E-state index is 0.119. The fraction of sp³-hybridized carbons (Fsp3) is 0.389. The number of carbonyl (C=O) groups is 1. The summed E-state index contributed by atoms with van der Waals surface area (Å²) in [6.45, 7) is 0.681. The van der Waals surface area contributed by atoms with Gasteiger partial charge in [-0.25, -0.2) is 13.2 Å². The number of carbonyl (C=O) groups excluding carboxylic acids is 1. The van der Waals surface area contributed by atoms with Gasteiger partial charge in [-0.05, 0) is 31.0 Å². The number of aromatic nitrogens is 2. The van der Waals surface area contributed by atoms with Crippen LogP contribution < -0.4 is 16.6 Å². The maximum Gasteiger partial charge on any atom is 0.328 e. The number of benzene rings is 1. The Hall–Kier alpha value is -2.72. The van der Waals surface area contributed by atoms with Gasteiger partial charge in [-0.1, -0.05) is 18.9 Å². The third kappa shape index (κ3) is 4.76. The van der Waals surface area contributed by atoms with Gasteiger partial charge in [-0.2, -0.15) is 4.31 Å². The first kappa shape index (κ1) is 20.0. The van der Waals surface area contributed by atoms with Crippen LogP contribution in [-0.2, 0) is 21.4 Å². The van der Waals surface area contributed by atoms with Crippen LogP contribution >= 0.6 is 0 Å². The number of rotatable bonds is 5. The second-order valence-corrected chi connectivity index (χ2v) is 8.57. The molecule has 1 aliphatic heterocycles. The van der Waals surface area contributed by atoms with Crippen LogP contribution in [0.5, 0.6) is 0 Å². The highest BCUT2D eigenvalue weighted by molar-refractivity contribution is 7.89. The van der Waals surface area contributed by atoms with Crippen LogP contribution in [-0.4, -0.2) is 41.3 Å². The van der Waals surface area contributed by atoms with Crippen LogP contribution in [0.25, 0.3) is 0 Å². The van der Waals surface area contributed by atoms with E-state index in [0.29, 0.717) is 18.8 Å². The van der Waals surface area contributed by atoms with Gasteiger partial charge >= 0.3 is 5.69 Å². The summed E-state index contributed by atoms with van der Waals surface area (Å²) < 4.78 is 28.3. The highest BCUT2D eigenvalue weighted by Gasteiger charge is 2.25. The summed E-state index contributed by atoms with van der Waals surface area (Å²) in [7, 11) is -3.63. The van der Waals surface area contributed by atoms with E-state index in [1.54, 1.807) is 12.1 Å². The van der Waals surface area contributed by atoms with E-state index in [9.17, 15) is 22.8 Å². The largest absolute Gasteiger partial charge is 0.328 e. The Kier molecular flexibility index (Phi) is 6.10. The molecule has 1 fully saturated rings. The van der Waals surface area contributed by atoms with Crippen LogP contribution in [0, 0.1) is 0 Å². The molecule has 150 valence electrons. The van der Waals surface area contributed by atoms with Crippen LogP contribution in [0.1, 0.15) is 25.7 Å². The number of aromatic amines is 1. The van der Waals surface area contributed by atoms with Gasteiger partial charge in [0.25, 0.3) is 5.56 Å². The average Bonchev–Trinajstić information content (AvgIpc) is 2.94. The molecule has 0 aliphatic carbocycles. The summed E-state index contributed by atoms with van der Waals surface area (Å²) in [5.74, 6) is -0.515. The Morgan fingerprint density at radius 1 is 1.07 bits per heavy atom. The van der Waals surface area contributed by atoms with Crippen molar-refractivity contribution in [2.24, 2.45) is 0 Å². The first-order chi connectivity index (χ1) is 13.4. The number of nitrogens with one attached hydrogen (secondary N) is 2. The molecule has 2 aromatic rings. The molecule has 3 rings (SSSR count). The van der Waals surface area contributed by atoms with Crippen molar-refractivity contribution in [3.05, 3.63) is 57.4 Å². The smallest absolute Gasteiger partial charge is 0.324 e. The molecule has 2 N–H and O–H groups in total. The van der Waals surface area contributed by atoms with Gasteiger partial charge in [0, 0.05) is 31.0 Å². The molecule has 1 amide bonds. The fourth-order valence-electron chi connectivity index (χ4n) is 3.09. The first-order valence-electron chi connectivity index (χ1n) is 9.06. The number of anilines is 1. The summed E-state index contributed by atoms with van der Waals surface area (Å²) in [6.07, 6.45) is 4.94. The molecule has 10 heteroatoms. The van der Waals surface area contributed by atoms with Crippen LogP contribution in [0.4, 0.5) is 5.69 Å². The molecule has 1 aromatic heterocycles. The minimum Gasteiger partial charge on any atom is -0.324 e. The van der Waals surface area contributed by atoms with Gasteiger partial charge in [0.05, 0.1) is 4.90 Å². The number of sulfonamides is 1. The second-order valence-electron chi connectivity index (χ2n) is 6.63. The highest BCUT2D eigenvalue weighted by atomic mass is 32.2. The first-order valence-corrected chi connectivity index (χ1v) is 10.5. The maximum atomic E-state index is 12.9. The molecule has 1 aromatic carbocycles. The number of nitrogens with zero attached hydrogens (tertiary/aromatic N) is 2. The van der Waals surface area contributed by atoms with E-state index < -0.39 is 27.2 Å². The predicted octanol–water partition coefficient (Wildman–Crippen LogP) is 0.740. The summed E-state index contributed by atoms with van der Waals surface area (Å²) in [4.78, 5) is 37.1. The molecule has 0 atom stereocenters. The molecule has 1 saturated heterocycles. The number of hydrogen-bond acceptors (Lipinski definition) is 5. The monoisotopic (exact) mass is 406 g/mol. The lowest BCUT2D eigenvalue weighted by atomic mass is 10.2. The van der Waals surface area contributed by atoms with E-state index >= 15 is 0 Å². The van der Waals surface area contributed by atoms with Gasteiger partial charge in [0.1, 0.15) is 6.54 Å². The molecule has 1 aliphatic rings. The molecular formula is C18H22N4O5S. The molecule has 0 spiro atoms. The predicted molar refractivity (Wildman–Crippen MR) is 104 cm³/mol. The second kappa shape index (κ2) is 8.53. The van der Waals surface area contributed by atoms with Crippen molar-refractivity contribution in [2.45, 2.75) is 37.1 Å². The third-order valence-corrected chi connectivity index (χ3v) is 6.43. The van der Waals surface area contributed by atoms with Gasteiger partial charge in [0.15, 0.2) is 0 Å². The Labute approximate surface area is 162 Å². The van der Waals surface area contributed by atoms with Crippen molar-refractivity contribution in [3.63, 3.8) is 0 Å². The van der Waals surface area contributed by atoms with Crippen molar-refractivity contribution in [1.29, 1.82) is 0 Å². The van der Waals surface area contributed by atoms with Gasteiger partial charge in [0.2, 0.25) is 15.9 Å². The minimum atomic E-state index is -3.63. The number of hydrogen-bond donors (Lipinski definition) is 2. The number of amides is 1. The van der Waals surface area contributed by atoms with Crippen LogP contribution in [0.3, 0.4) is 0 Å². The Bertz CT molecular complexity index is 1070. The van der Waals surface area contributed by atoms with Crippen LogP contribution in [0.15, 0.2) is 51.0 Å². The molecule has 28 heavy (non-hydrogen) atoms. The zero-order valence-corrected chi connectivity index (χ0v) is 16.1. The summed E-state index contributed by atoms with van der Waals surface area (Å²) in [6, 6.07) is 7.20. The normalized spacial score (nSPS) is 15.7. The quantitative estimate of drug-likeness (QED) is 0.759. The molecule has 2 heterocycles. The lowest BCUT2D eigenvalue weighted by Gasteiger charge is -2.20. The van der Waals surface area contributed by atoms with E-state index in [4.69, 9.17) is 0 Å². The van der Waals surface area contributed by atoms with E-state index in [1.165, 1.54) is 22.6 Å². The summed E-state index contributed by atoms with van der Waals surface area (Å²) in [5.41, 5.74) is -0.924. The van der Waals surface area contributed by atoms with E-state index in [2.05, 4.69) is 10.3 Å². The van der Waals surface area contributed by atoms with Crippen LogP contribution in [0.2, 0.25) is 0 Å². The van der Waals surface area contributed by atoms with E-state index in [-0.39, 0.29) is 11.4 Å². The molecule has 0 radical (unpaired) electrons. The van der Waals surface area contributed by atoms with Gasteiger partial charge < -0.3 is 5.32 Å². The van der Waals surface area contributed by atoms with Crippen molar-refractivity contribution in [3.8, 4) is 0 Å². The van der Waals surface area contributed by atoms with E-state index in [1.807, 2.05) is 0 Å². The SMILES string of the molecule is O=C(Cn1ccc(=O)[nH]c1=O)Nc1cccc(S(=O)(=O)N2CCCCCC2)c1. The lowest BCUT2D eigenvalue weighted by molar-refractivity contribution is -0.116. The molecule has 0 bridgehead atoms. The lowest BCUT2D eigenvalue weighted by Crippen LogP contribution is -2.33. The molecule has 9 nitrogen and oxygen atoms in total. The molecule has 0 saturated carbocycles. The summed E-state index contributed by atoms with van der Waals surface area (Å²) >= 11 is 0. The highest BCUT2D eigenvalue weighted by Crippen LogP contribution is 2.22.